The van der Waals surface area contributed by atoms with Gasteiger partial charge in [-0.3, -0.25) is 19.8 Å². The molecule has 110 valence electrons. The highest BCUT2D eigenvalue weighted by molar-refractivity contribution is 5.96. The van der Waals surface area contributed by atoms with Crippen molar-refractivity contribution in [1.82, 2.24) is 9.88 Å². The molecule has 1 saturated carbocycles. The van der Waals surface area contributed by atoms with Crippen LogP contribution in [0.4, 0.5) is 5.69 Å². The van der Waals surface area contributed by atoms with Crippen LogP contribution >= 0.6 is 0 Å². The molecule has 2 heterocycles. The molecule has 0 atom stereocenters. The van der Waals surface area contributed by atoms with Gasteiger partial charge in [-0.05, 0) is 25.0 Å². The molecular weight excluding hydrogens is 274 g/mol. The minimum Gasteiger partial charge on any atom is -0.468 e. The van der Waals surface area contributed by atoms with Gasteiger partial charge in [0, 0.05) is 12.1 Å². The number of nitrogens with one attached hydrogen (secondary N) is 1. The van der Waals surface area contributed by atoms with Crippen molar-refractivity contribution in [2.24, 2.45) is 0 Å². The first-order valence-corrected chi connectivity index (χ1v) is 6.76. The van der Waals surface area contributed by atoms with E-state index in [2.05, 4.69) is 4.98 Å². The van der Waals surface area contributed by atoms with Crippen LogP contribution in [-0.2, 0) is 6.54 Å². The molecule has 0 bridgehead atoms. The maximum Gasteiger partial charge on any atom is 0.287 e. The molecule has 1 aliphatic carbocycles. The third-order valence-corrected chi connectivity index (χ3v) is 3.53. The summed E-state index contributed by atoms with van der Waals surface area (Å²) in [7, 11) is 0. The van der Waals surface area contributed by atoms with Crippen LogP contribution in [0.1, 0.15) is 29.1 Å². The second-order valence-electron chi connectivity index (χ2n) is 5.17. The molecule has 0 unspecified atom stereocenters. The van der Waals surface area contributed by atoms with Crippen molar-refractivity contribution in [3.05, 3.63) is 52.2 Å². The van der Waals surface area contributed by atoms with Crippen LogP contribution in [0.15, 0.2) is 35.1 Å². The van der Waals surface area contributed by atoms with E-state index in [1.807, 2.05) is 17.0 Å². The first kappa shape index (κ1) is 13.6. The zero-order valence-electron chi connectivity index (χ0n) is 11.3. The van der Waals surface area contributed by atoms with Gasteiger partial charge in [-0.25, -0.2) is 0 Å². The second kappa shape index (κ2) is 5.53. The molecule has 2 aromatic rings. The SMILES string of the molecule is O=C(CN(Cc1ccco1)C1CC1)c1cc([N+](=O)[O-])c[nH]1. The van der Waals surface area contributed by atoms with Gasteiger partial charge in [0.15, 0.2) is 5.78 Å². The van der Waals surface area contributed by atoms with Gasteiger partial charge < -0.3 is 9.40 Å². The monoisotopic (exact) mass is 289 g/mol. The van der Waals surface area contributed by atoms with Crippen LogP contribution in [-0.4, -0.2) is 33.2 Å². The van der Waals surface area contributed by atoms with Crippen LogP contribution in [0, 0.1) is 10.1 Å². The Labute approximate surface area is 120 Å². The normalized spacial score (nSPS) is 14.5. The molecule has 1 fully saturated rings. The Bertz CT molecular complexity index is 643. The molecule has 21 heavy (non-hydrogen) atoms. The second-order valence-corrected chi connectivity index (χ2v) is 5.17. The standard InChI is InChI=1S/C14H15N3O4/c18-14(13-6-11(7-15-13)17(19)20)9-16(10-3-4-10)8-12-2-1-5-21-12/h1-2,5-7,10,15H,3-4,8-9H2. The fraction of sp³-hybridized carbons (Fsp3) is 0.357. The summed E-state index contributed by atoms with van der Waals surface area (Å²) in [6.07, 6.45) is 4.98. The van der Waals surface area contributed by atoms with Crippen molar-refractivity contribution >= 4 is 11.5 Å². The number of aromatic nitrogens is 1. The van der Waals surface area contributed by atoms with E-state index in [0.29, 0.717) is 12.6 Å². The maximum atomic E-state index is 12.2. The van der Waals surface area contributed by atoms with E-state index in [1.54, 1.807) is 6.26 Å². The van der Waals surface area contributed by atoms with Crippen molar-refractivity contribution in [1.29, 1.82) is 0 Å². The Morgan fingerprint density at radius 3 is 2.90 bits per heavy atom. The lowest BCUT2D eigenvalue weighted by atomic mass is 10.2. The summed E-state index contributed by atoms with van der Waals surface area (Å²) >= 11 is 0. The van der Waals surface area contributed by atoms with E-state index < -0.39 is 4.92 Å². The molecule has 1 N–H and O–H groups in total. The van der Waals surface area contributed by atoms with Crippen molar-refractivity contribution < 1.29 is 14.1 Å². The van der Waals surface area contributed by atoms with Gasteiger partial charge in [0.2, 0.25) is 0 Å². The highest BCUT2D eigenvalue weighted by atomic mass is 16.6. The molecule has 0 saturated heterocycles. The van der Waals surface area contributed by atoms with Crippen molar-refractivity contribution in [2.75, 3.05) is 6.54 Å². The Kier molecular flexibility index (Phi) is 3.57. The van der Waals surface area contributed by atoms with E-state index in [0.717, 1.165) is 18.6 Å². The number of rotatable bonds is 7. The Balaban J connectivity index is 1.67. The molecule has 7 nitrogen and oxygen atoms in total. The number of nitro groups is 1. The number of aromatic amines is 1. The molecule has 3 rings (SSSR count). The van der Waals surface area contributed by atoms with E-state index in [4.69, 9.17) is 4.42 Å². The minimum atomic E-state index is -0.519. The quantitative estimate of drug-likeness (QED) is 0.480. The summed E-state index contributed by atoms with van der Waals surface area (Å²) < 4.78 is 5.31. The number of furan rings is 1. The van der Waals surface area contributed by atoms with Gasteiger partial charge in [0.25, 0.3) is 5.69 Å². The Morgan fingerprint density at radius 2 is 2.33 bits per heavy atom. The van der Waals surface area contributed by atoms with Crippen LogP contribution in [0.5, 0.6) is 0 Å². The van der Waals surface area contributed by atoms with Crippen molar-refractivity contribution in [3.63, 3.8) is 0 Å². The van der Waals surface area contributed by atoms with E-state index >= 15 is 0 Å². The number of ketones is 1. The summed E-state index contributed by atoms with van der Waals surface area (Å²) in [4.78, 5) is 27.1. The van der Waals surface area contributed by atoms with E-state index in [9.17, 15) is 14.9 Å². The Hall–Kier alpha value is -2.41. The molecule has 0 aromatic carbocycles. The fourth-order valence-corrected chi connectivity index (χ4v) is 2.28. The summed E-state index contributed by atoms with van der Waals surface area (Å²) in [5.41, 5.74) is 0.175. The molecule has 0 spiro atoms. The van der Waals surface area contributed by atoms with Crippen LogP contribution in [0.2, 0.25) is 0 Å². The summed E-state index contributed by atoms with van der Waals surface area (Å²) in [6.45, 7) is 0.801. The number of Topliss-reactive ketones (excluding diaryl/α,β-unsaturated/α-hetero) is 1. The average Bonchev–Trinajstić information content (AvgIpc) is 2.97. The number of hydrogen-bond acceptors (Lipinski definition) is 5. The number of hydrogen-bond donors (Lipinski definition) is 1. The number of carbonyl (C=O) groups is 1. The third-order valence-electron chi connectivity index (χ3n) is 3.53. The first-order chi connectivity index (χ1) is 10.1. The van der Waals surface area contributed by atoms with Gasteiger partial charge in [0.05, 0.1) is 36.2 Å². The Morgan fingerprint density at radius 1 is 1.52 bits per heavy atom. The topological polar surface area (TPSA) is 92.4 Å². The molecule has 0 aliphatic heterocycles. The molecule has 0 amide bonds. The number of H-pyrrole nitrogens is 1. The minimum absolute atomic E-state index is 0.0950. The summed E-state index contributed by atoms with van der Waals surface area (Å²) in [6, 6.07) is 5.36. The van der Waals surface area contributed by atoms with Crippen molar-refractivity contribution in [2.45, 2.75) is 25.4 Å². The van der Waals surface area contributed by atoms with Crippen molar-refractivity contribution in [3.8, 4) is 0 Å². The zero-order chi connectivity index (χ0) is 14.8. The van der Waals surface area contributed by atoms with Crippen LogP contribution in [0.25, 0.3) is 0 Å². The van der Waals surface area contributed by atoms with Crippen LogP contribution in [0.3, 0.4) is 0 Å². The smallest absolute Gasteiger partial charge is 0.287 e. The molecule has 1 aliphatic rings. The largest absolute Gasteiger partial charge is 0.468 e. The lowest BCUT2D eigenvalue weighted by Crippen LogP contribution is -2.31. The van der Waals surface area contributed by atoms with E-state index in [1.165, 1.54) is 12.3 Å². The average molecular weight is 289 g/mol. The summed E-state index contributed by atoms with van der Waals surface area (Å²) in [5.74, 6) is 0.661. The van der Waals surface area contributed by atoms with E-state index in [-0.39, 0.29) is 23.7 Å². The number of carbonyl (C=O) groups excluding carboxylic acids is 1. The fourth-order valence-electron chi connectivity index (χ4n) is 2.28. The third kappa shape index (κ3) is 3.19. The highest BCUT2D eigenvalue weighted by Gasteiger charge is 2.31. The van der Waals surface area contributed by atoms with Crippen LogP contribution < -0.4 is 0 Å². The molecule has 7 heteroatoms. The first-order valence-electron chi connectivity index (χ1n) is 6.76. The molecular formula is C14H15N3O4. The predicted molar refractivity (Wildman–Crippen MR) is 73.9 cm³/mol. The lowest BCUT2D eigenvalue weighted by Gasteiger charge is -2.19. The van der Waals surface area contributed by atoms with Gasteiger partial charge in [-0.15, -0.1) is 0 Å². The summed E-state index contributed by atoms with van der Waals surface area (Å²) in [5, 5.41) is 10.6. The number of nitrogens with zero attached hydrogens (tertiary/aromatic N) is 2. The van der Waals surface area contributed by atoms with Gasteiger partial charge in [-0.2, -0.15) is 0 Å². The lowest BCUT2D eigenvalue weighted by molar-refractivity contribution is -0.384. The van der Waals surface area contributed by atoms with Gasteiger partial charge in [-0.1, -0.05) is 0 Å². The predicted octanol–water partition coefficient (Wildman–Crippen LogP) is 2.36. The maximum absolute atomic E-state index is 12.2. The van der Waals surface area contributed by atoms with Gasteiger partial charge >= 0.3 is 0 Å². The van der Waals surface area contributed by atoms with Gasteiger partial charge in [0.1, 0.15) is 5.76 Å². The molecule has 2 aromatic heterocycles. The highest BCUT2D eigenvalue weighted by Crippen LogP contribution is 2.28. The zero-order valence-corrected chi connectivity index (χ0v) is 11.3. The molecule has 0 radical (unpaired) electrons.